The maximum atomic E-state index is 11.9. The molecule has 0 saturated heterocycles. The van der Waals surface area contributed by atoms with Crippen molar-refractivity contribution >= 4 is 17.6 Å². The zero-order valence-corrected chi connectivity index (χ0v) is 13.7. The summed E-state index contributed by atoms with van der Waals surface area (Å²) in [7, 11) is 0. The van der Waals surface area contributed by atoms with Crippen molar-refractivity contribution in [2.45, 2.75) is 32.2 Å². The van der Waals surface area contributed by atoms with Gasteiger partial charge in [0.05, 0.1) is 18.5 Å². The number of rotatable bonds is 8. The van der Waals surface area contributed by atoms with Crippen LogP contribution in [0.1, 0.15) is 26.7 Å². The predicted octanol–water partition coefficient (Wildman–Crippen LogP) is 2.50. The quantitative estimate of drug-likeness (QED) is 0.725. The molecule has 0 aliphatic rings. The number of carboxylic acid groups (broad SMARTS) is 1. The first-order chi connectivity index (χ1) is 11.4. The second kappa shape index (κ2) is 7.63. The zero-order valence-electron chi connectivity index (χ0n) is 13.7. The van der Waals surface area contributed by atoms with E-state index in [-0.39, 0.29) is 5.91 Å². The van der Waals surface area contributed by atoms with Crippen LogP contribution >= 0.6 is 0 Å². The van der Waals surface area contributed by atoms with Crippen LogP contribution in [0, 0.1) is 0 Å². The first-order valence-electron chi connectivity index (χ1n) is 7.66. The van der Waals surface area contributed by atoms with Crippen molar-refractivity contribution in [1.29, 1.82) is 0 Å². The topological polar surface area (TPSA) is 93.5 Å². The predicted molar refractivity (Wildman–Crippen MR) is 89.0 cm³/mol. The van der Waals surface area contributed by atoms with Gasteiger partial charge in [-0.3, -0.25) is 9.48 Å². The van der Waals surface area contributed by atoms with Crippen LogP contribution in [-0.2, 0) is 15.1 Å². The van der Waals surface area contributed by atoms with Gasteiger partial charge in [-0.1, -0.05) is 18.2 Å². The van der Waals surface area contributed by atoms with E-state index in [2.05, 4.69) is 10.4 Å². The number of hydrogen-bond acceptors (Lipinski definition) is 4. The summed E-state index contributed by atoms with van der Waals surface area (Å²) in [6, 6.07) is 9.40. The third kappa shape index (κ3) is 4.58. The van der Waals surface area contributed by atoms with Crippen LogP contribution in [0.25, 0.3) is 0 Å². The minimum atomic E-state index is -1.17. The smallest absolute Gasteiger partial charge is 0.331 e. The van der Waals surface area contributed by atoms with Gasteiger partial charge in [0.2, 0.25) is 5.91 Å². The molecule has 0 aliphatic heterocycles. The molecule has 7 nitrogen and oxygen atoms in total. The highest BCUT2D eigenvalue weighted by molar-refractivity contribution is 5.90. The average Bonchev–Trinajstić information content (AvgIpc) is 3.01. The summed E-state index contributed by atoms with van der Waals surface area (Å²) in [5, 5.41) is 15.9. The van der Waals surface area contributed by atoms with E-state index < -0.39 is 11.5 Å². The third-order valence-electron chi connectivity index (χ3n) is 3.52. The number of para-hydroxylation sites is 1. The number of ether oxygens (including phenoxy) is 1. The minimum Gasteiger partial charge on any atom is -0.494 e. The average molecular weight is 331 g/mol. The number of aromatic nitrogens is 2. The van der Waals surface area contributed by atoms with E-state index in [0.717, 1.165) is 5.75 Å². The second-order valence-corrected chi connectivity index (χ2v) is 5.85. The molecular weight excluding hydrogens is 310 g/mol. The van der Waals surface area contributed by atoms with Crippen LogP contribution in [0.2, 0.25) is 0 Å². The van der Waals surface area contributed by atoms with Crippen molar-refractivity contribution in [3.05, 3.63) is 42.7 Å². The fraction of sp³-hybridized carbons (Fsp3) is 0.353. The maximum absolute atomic E-state index is 11.9. The molecule has 1 aromatic heterocycles. The molecule has 0 radical (unpaired) electrons. The molecule has 0 aliphatic carbocycles. The van der Waals surface area contributed by atoms with Crippen molar-refractivity contribution < 1.29 is 19.4 Å². The summed E-state index contributed by atoms with van der Waals surface area (Å²) in [6.07, 6.45) is 3.82. The van der Waals surface area contributed by atoms with Crippen LogP contribution in [0.15, 0.2) is 42.7 Å². The molecule has 7 heteroatoms. The molecule has 2 aromatic rings. The van der Waals surface area contributed by atoms with Crippen molar-refractivity contribution in [2.24, 2.45) is 0 Å². The van der Waals surface area contributed by atoms with Gasteiger partial charge in [0.1, 0.15) is 5.75 Å². The van der Waals surface area contributed by atoms with Gasteiger partial charge in [-0.25, -0.2) is 4.79 Å². The number of benzene rings is 1. The molecule has 0 atom stereocenters. The summed E-state index contributed by atoms with van der Waals surface area (Å²) in [5.74, 6) is -0.393. The first-order valence-corrected chi connectivity index (χ1v) is 7.66. The fourth-order valence-electron chi connectivity index (χ4n) is 1.95. The molecule has 2 rings (SSSR count). The normalized spacial score (nSPS) is 11.1. The Labute approximate surface area is 140 Å². The number of hydrogen-bond donors (Lipinski definition) is 2. The fourth-order valence-corrected chi connectivity index (χ4v) is 1.95. The molecule has 24 heavy (non-hydrogen) atoms. The van der Waals surface area contributed by atoms with E-state index >= 15 is 0 Å². The number of carboxylic acids is 1. The lowest BCUT2D eigenvalue weighted by molar-refractivity contribution is -0.146. The molecule has 2 N–H and O–H groups in total. The Balaban J connectivity index is 1.77. The highest BCUT2D eigenvalue weighted by atomic mass is 16.5. The maximum Gasteiger partial charge on any atom is 0.331 e. The van der Waals surface area contributed by atoms with Gasteiger partial charge < -0.3 is 15.2 Å². The van der Waals surface area contributed by atoms with Crippen LogP contribution in [0.3, 0.4) is 0 Å². The zero-order chi connectivity index (χ0) is 17.6. The van der Waals surface area contributed by atoms with Crippen LogP contribution in [-0.4, -0.2) is 33.4 Å². The largest absolute Gasteiger partial charge is 0.494 e. The Morgan fingerprint density at radius 3 is 2.67 bits per heavy atom. The van der Waals surface area contributed by atoms with Gasteiger partial charge in [0.15, 0.2) is 5.54 Å². The van der Waals surface area contributed by atoms with Crippen molar-refractivity contribution in [3.63, 3.8) is 0 Å². The van der Waals surface area contributed by atoms with Crippen LogP contribution < -0.4 is 10.1 Å². The molecule has 0 spiro atoms. The summed E-state index contributed by atoms with van der Waals surface area (Å²) in [4.78, 5) is 23.1. The van der Waals surface area contributed by atoms with E-state index in [1.165, 1.54) is 30.9 Å². The van der Waals surface area contributed by atoms with Gasteiger partial charge in [-0.15, -0.1) is 0 Å². The number of amides is 1. The minimum absolute atomic E-state index is 0.167. The Hall–Kier alpha value is -2.83. The van der Waals surface area contributed by atoms with Gasteiger partial charge >= 0.3 is 5.97 Å². The van der Waals surface area contributed by atoms with E-state index in [1.54, 1.807) is 0 Å². The van der Waals surface area contributed by atoms with Gasteiger partial charge in [0.25, 0.3) is 0 Å². The lowest BCUT2D eigenvalue weighted by Crippen LogP contribution is -2.35. The molecule has 0 unspecified atom stereocenters. The van der Waals surface area contributed by atoms with E-state index in [1.807, 2.05) is 30.3 Å². The molecular formula is C17H21N3O4. The molecule has 1 aromatic carbocycles. The highest BCUT2D eigenvalue weighted by Gasteiger charge is 2.30. The van der Waals surface area contributed by atoms with Gasteiger partial charge in [0, 0.05) is 12.6 Å². The molecule has 0 bridgehead atoms. The number of nitrogens with zero attached hydrogens (tertiary/aromatic N) is 2. The number of nitrogens with one attached hydrogen (secondary N) is 1. The summed E-state index contributed by atoms with van der Waals surface area (Å²) >= 11 is 0. The summed E-state index contributed by atoms with van der Waals surface area (Å²) < 4.78 is 6.83. The molecule has 1 heterocycles. The second-order valence-electron chi connectivity index (χ2n) is 5.85. The van der Waals surface area contributed by atoms with E-state index in [9.17, 15) is 9.59 Å². The molecule has 1 amide bonds. The summed E-state index contributed by atoms with van der Waals surface area (Å²) in [6.45, 7) is 3.52. The Morgan fingerprint density at radius 1 is 1.29 bits per heavy atom. The first kappa shape index (κ1) is 17.5. The lowest BCUT2D eigenvalue weighted by atomic mass is 10.1. The van der Waals surface area contributed by atoms with E-state index in [4.69, 9.17) is 9.84 Å². The number of aliphatic carboxylic acids is 1. The number of carbonyl (C=O) groups excluding carboxylic acids is 1. The molecule has 128 valence electrons. The van der Waals surface area contributed by atoms with Crippen LogP contribution in [0.4, 0.5) is 5.69 Å². The lowest BCUT2D eigenvalue weighted by Gasteiger charge is -2.19. The van der Waals surface area contributed by atoms with Crippen molar-refractivity contribution in [1.82, 2.24) is 9.78 Å². The van der Waals surface area contributed by atoms with Crippen LogP contribution in [0.5, 0.6) is 5.75 Å². The van der Waals surface area contributed by atoms with Crippen molar-refractivity contribution in [3.8, 4) is 5.75 Å². The number of anilines is 1. The van der Waals surface area contributed by atoms with Gasteiger partial charge in [-0.2, -0.15) is 5.10 Å². The van der Waals surface area contributed by atoms with Crippen molar-refractivity contribution in [2.75, 3.05) is 11.9 Å². The van der Waals surface area contributed by atoms with Gasteiger partial charge in [-0.05, 0) is 32.4 Å². The summed E-state index contributed by atoms with van der Waals surface area (Å²) in [5.41, 5.74) is -0.703. The number of carbonyl (C=O) groups is 2. The molecule has 0 saturated carbocycles. The monoisotopic (exact) mass is 331 g/mol. The van der Waals surface area contributed by atoms with E-state index in [0.29, 0.717) is 25.1 Å². The Morgan fingerprint density at radius 2 is 2.00 bits per heavy atom. The Bertz CT molecular complexity index is 695. The molecule has 0 fully saturated rings. The standard InChI is InChI=1S/C17H21N3O4/c1-17(2,16(22)23)20-12-13(11-18-20)19-15(21)9-6-10-24-14-7-4-3-5-8-14/h3-5,7-8,11-12H,6,9-10H2,1-2H3,(H,19,21)(H,22,23). The Kier molecular flexibility index (Phi) is 5.57. The highest BCUT2D eigenvalue weighted by Crippen LogP contribution is 2.17. The third-order valence-corrected chi connectivity index (χ3v) is 3.52. The SMILES string of the molecule is CC(C)(C(=O)O)n1cc(NC(=O)CCCOc2ccccc2)cn1.